The molecule has 6 heteroatoms. The number of rotatable bonds is 7. The SMILES string of the molecule is CC(C)Cn1cc(NC(=O)NC(C)CCCO)cn1. The van der Waals surface area contributed by atoms with Crippen LogP contribution in [-0.2, 0) is 6.54 Å². The van der Waals surface area contributed by atoms with E-state index >= 15 is 0 Å². The highest BCUT2D eigenvalue weighted by Crippen LogP contribution is 2.07. The van der Waals surface area contributed by atoms with E-state index in [-0.39, 0.29) is 18.7 Å². The largest absolute Gasteiger partial charge is 0.396 e. The predicted molar refractivity (Wildman–Crippen MR) is 75.0 cm³/mol. The Hall–Kier alpha value is -1.56. The molecule has 108 valence electrons. The van der Waals surface area contributed by atoms with Crippen LogP contribution in [0.1, 0.15) is 33.6 Å². The monoisotopic (exact) mass is 268 g/mol. The van der Waals surface area contributed by atoms with E-state index < -0.39 is 0 Å². The van der Waals surface area contributed by atoms with Gasteiger partial charge in [0.1, 0.15) is 0 Å². The lowest BCUT2D eigenvalue weighted by Crippen LogP contribution is -2.36. The van der Waals surface area contributed by atoms with E-state index in [9.17, 15) is 4.79 Å². The molecule has 1 unspecified atom stereocenters. The molecular formula is C13H24N4O2. The zero-order chi connectivity index (χ0) is 14.3. The van der Waals surface area contributed by atoms with Crippen molar-refractivity contribution in [3.8, 4) is 0 Å². The van der Waals surface area contributed by atoms with Crippen molar-refractivity contribution in [2.75, 3.05) is 11.9 Å². The molecule has 0 aliphatic rings. The van der Waals surface area contributed by atoms with E-state index in [1.165, 1.54) is 0 Å². The lowest BCUT2D eigenvalue weighted by atomic mass is 10.2. The smallest absolute Gasteiger partial charge is 0.319 e. The molecule has 19 heavy (non-hydrogen) atoms. The number of carbonyl (C=O) groups is 1. The first-order valence-corrected chi connectivity index (χ1v) is 6.72. The molecule has 2 amide bonds. The molecule has 1 rings (SSSR count). The first-order valence-electron chi connectivity index (χ1n) is 6.72. The van der Waals surface area contributed by atoms with Gasteiger partial charge in [0.2, 0.25) is 0 Å². The Morgan fingerprint density at radius 2 is 2.21 bits per heavy atom. The summed E-state index contributed by atoms with van der Waals surface area (Å²) in [5.74, 6) is 0.514. The summed E-state index contributed by atoms with van der Waals surface area (Å²) in [5.41, 5.74) is 0.688. The number of aliphatic hydroxyl groups excluding tert-OH is 1. The molecule has 1 heterocycles. The van der Waals surface area contributed by atoms with Crippen molar-refractivity contribution in [1.82, 2.24) is 15.1 Å². The molecule has 0 spiro atoms. The summed E-state index contributed by atoms with van der Waals surface area (Å²) in [6.45, 7) is 7.12. The average Bonchev–Trinajstić information content (AvgIpc) is 2.72. The van der Waals surface area contributed by atoms with Crippen LogP contribution in [0.5, 0.6) is 0 Å². The predicted octanol–water partition coefficient (Wildman–Crippen LogP) is 1.82. The van der Waals surface area contributed by atoms with Crippen molar-refractivity contribution in [1.29, 1.82) is 0 Å². The zero-order valence-electron chi connectivity index (χ0n) is 11.9. The molecule has 1 aromatic rings. The van der Waals surface area contributed by atoms with Gasteiger partial charge in [-0.15, -0.1) is 0 Å². The third-order valence-corrected chi connectivity index (χ3v) is 2.62. The van der Waals surface area contributed by atoms with E-state index in [1.54, 1.807) is 6.20 Å². The standard InChI is InChI=1S/C13H24N4O2/c1-10(2)8-17-9-12(7-14-17)16-13(19)15-11(3)5-4-6-18/h7,9-11,18H,4-6,8H2,1-3H3,(H2,15,16,19). The summed E-state index contributed by atoms with van der Waals surface area (Å²) in [4.78, 5) is 11.7. The molecule has 6 nitrogen and oxygen atoms in total. The molecular weight excluding hydrogens is 244 g/mol. The van der Waals surface area contributed by atoms with Crippen molar-refractivity contribution in [2.24, 2.45) is 5.92 Å². The van der Waals surface area contributed by atoms with Crippen molar-refractivity contribution in [2.45, 2.75) is 46.2 Å². The van der Waals surface area contributed by atoms with Crippen molar-refractivity contribution < 1.29 is 9.90 Å². The fraction of sp³-hybridized carbons (Fsp3) is 0.692. The first kappa shape index (κ1) is 15.5. The number of nitrogens with zero attached hydrogens (tertiary/aromatic N) is 2. The van der Waals surface area contributed by atoms with Crippen molar-refractivity contribution in [3.05, 3.63) is 12.4 Å². The first-order chi connectivity index (χ1) is 9.01. The van der Waals surface area contributed by atoms with Crippen LogP contribution >= 0.6 is 0 Å². The second-order valence-electron chi connectivity index (χ2n) is 5.21. The maximum absolute atomic E-state index is 11.7. The van der Waals surface area contributed by atoms with Gasteiger partial charge < -0.3 is 15.7 Å². The number of aliphatic hydroxyl groups is 1. The summed E-state index contributed by atoms with van der Waals surface area (Å²) in [6.07, 6.45) is 4.91. The highest BCUT2D eigenvalue weighted by molar-refractivity contribution is 5.89. The summed E-state index contributed by atoms with van der Waals surface area (Å²) < 4.78 is 1.81. The number of aromatic nitrogens is 2. The van der Waals surface area contributed by atoms with Gasteiger partial charge >= 0.3 is 6.03 Å². The lowest BCUT2D eigenvalue weighted by molar-refractivity contribution is 0.245. The fourth-order valence-corrected chi connectivity index (χ4v) is 1.76. The van der Waals surface area contributed by atoms with Crippen molar-refractivity contribution in [3.63, 3.8) is 0 Å². The van der Waals surface area contributed by atoms with Gasteiger partial charge in [-0.1, -0.05) is 13.8 Å². The van der Waals surface area contributed by atoms with Gasteiger partial charge in [-0.05, 0) is 25.7 Å². The highest BCUT2D eigenvalue weighted by atomic mass is 16.3. The van der Waals surface area contributed by atoms with E-state index in [0.29, 0.717) is 18.0 Å². The fourth-order valence-electron chi connectivity index (χ4n) is 1.76. The minimum Gasteiger partial charge on any atom is -0.396 e. The third-order valence-electron chi connectivity index (χ3n) is 2.62. The van der Waals surface area contributed by atoms with Gasteiger partial charge in [0.15, 0.2) is 0 Å². The summed E-state index contributed by atoms with van der Waals surface area (Å²) >= 11 is 0. The van der Waals surface area contributed by atoms with Crippen LogP contribution in [0, 0.1) is 5.92 Å². The maximum Gasteiger partial charge on any atom is 0.319 e. The van der Waals surface area contributed by atoms with Crippen LogP contribution in [0.3, 0.4) is 0 Å². The van der Waals surface area contributed by atoms with Crippen LogP contribution in [-0.4, -0.2) is 33.6 Å². The Morgan fingerprint density at radius 1 is 1.47 bits per heavy atom. The van der Waals surface area contributed by atoms with Crippen molar-refractivity contribution >= 4 is 11.7 Å². The summed E-state index contributed by atoms with van der Waals surface area (Å²) in [5, 5.41) is 18.5. The Kier molecular flexibility index (Phi) is 6.35. The molecule has 1 atom stereocenters. The van der Waals surface area contributed by atoms with Gasteiger partial charge in [-0.2, -0.15) is 5.10 Å². The van der Waals surface area contributed by atoms with Crippen LogP contribution in [0.15, 0.2) is 12.4 Å². The number of anilines is 1. The number of carbonyl (C=O) groups excluding carboxylic acids is 1. The van der Waals surface area contributed by atoms with Crippen LogP contribution in [0.25, 0.3) is 0 Å². The number of hydrogen-bond acceptors (Lipinski definition) is 3. The Bertz CT molecular complexity index is 390. The number of urea groups is 1. The molecule has 0 saturated carbocycles. The normalized spacial score (nSPS) is 12.5. The van der Waals surface area contributed by atoms with E-state index in [0.717, 1.165) is 13.0 Å². The maximum atomic E-state index is 11.7. The number of nitrogens with one attached hydrogen (secondary N) is 2. The van der Waals surface area contributed by atoms with Gasteiger partial charge in [-0.25, -0.2) is 4.79 Å². The number of hydrogen-bond donors (Lipinski definition) is 3. The van der Waals surface area contributed by atoms with Crippen LogP contribution in [0.4, 0.5) is 10.5 Å². The minimum absolute atomic E-state index is 0.0397. The van der Waals surface area contributed by atoms with Crippen LogP contribution in [0.2, 0.25) is 0 Å². The Labute approximate surface area is 114 Å². The van der Waals surface area contributed by atoms with Gasteiger partial charge in [0.25, 0.3) is 0 Å². The Balaban J connectivity index is 2.37. The van der Waals surface area contributed by atoms with Gasteiger partial charge in [0, 0.05) is 25.4 Å². The molecule has 0 fully saturated rings. The molecule has 0 aliphatic heterocycles. The van der Waals surface area contributed by atoms with Gasteiger partial charge in [0.05, 0.1) is 11.9 Å². The molecule has 0 saturated heterocycles. The summed E-state index contributed by atoms with van der Waals surface area (Å²) in [6, 6.07) is -0.201. The van der Waals surface area contributed by atoms with Gasteiger partial charge in [-0.3, -0.25) is 4.68 Å². The second-order valence-corrected chi connectivity index (χ2v) is 5.21. The number of amides is 2. The molecule has 3 N–H and O–H groups in total. The Morgan fingerprint density at radius 3 is 2.84 bits per heavy atom. The summed E-state index contributed by atoms with van der Waals surface area (Å²) in [7, 11) is 0. The van der Waals surface area contributed by atoms with E-state index in [2.05, 4.69) is 29.6 Å². The molecule has 0 aliphatic carbocycles. The quantitative estimate of drug-likeness (QED) is 0.705. The van der Waals surface area contributed by atoms with E-state index in [4.69, 9.17) is 5.11 Å². The molecule has 1 aromatic heterocycles. The van der Waals surface area contributed by atoms with Crippen LogP contribution < -0.4 is 10.6 Å². The second kappa shape index (κ2) is 7.78. The average molecular weight is 268 g/mol. The highest BCUT2D eigenvalue weighted by Gasteiger charge is 2.08. The van der Waals surface area contributed by atoms with E-state index in [1.807, 2.05) is 17.8 Å². The molecule has 0 bridgehead atoms. The topological polar surface area (TPSA) is 79.2 Å². The molecule has 0 radical (unpaired) electrons. The minimum atomic E-state index is -0.241. The third kappa shape index (κ3) is 6.24. The zero-order valence-corrected chi connectivity index (χ0v) is 11.9. The molecule has 0 aromatic carbocycles. The lowest BCUT2D eigenvalue weighted by Gasteiger charge is -2.13.